The number of fused-ring (bicyclic) bond motifs is 3. The van der Waals surface area contributed by atoms with E-state index >= 15 is 0 Å². The molecule has 4 heteroatoms. The summed E-state index contributed by atoms with van der Waals surface area (Å²) in [5, 5.41) is 2.80. The van der Waals surface area contributed by atoms with Crippen LogP contribution in [-0.2, 0) is 0 Å². The molecule has 4 fully saturated rings. The third-order valence-corrected chi connectivity index (χ3v) is 10.4. The number of hydrogen-bond acceptors (Lipinski definition) is 3. The van der Waals surface area contributed by atoms with Crippen molar-refractivity contribution in [1.29, 1.82) is 0 Å². The molecule has 0 aromatic heterocycles. The number of hydrogen-bond donors (Lipinski definition) is 0. The molecule has 0 N–H and O–H groups in total. The van der Waals surface area contributed by atoms with E-state index in [0.29, 0.717) is 11.4 Å². The van der Waals surface area contributed by atoms with Crippen LogP contribution in [0.3, 0.4) is 0 Å². The Morgan fingerprint density at radius 3 is 2.62 bits per heavy atom. The van der Waals surface area contributed by atoms with Crippen LogP contribution in [0.25, 0.3) is 0 Å². The molecule has 0 aromatic rings. The molecule has 2 bridgehead atoms. The average Bonchev–Trinajstić information content (AvgIpc) is 3.15. The predicted octanol–water partition coefficient (Wildman–Crippen LogP) is 5.59. The van der Waals surface area contributed by atoms with E-state index in [1.54, 1.807) is 5.04 Å². The predicted molar refractivity (Wildman–Crippen MR) is 113 cm³/mol. The van der Waals surface area contributed by atoms with E-state index in [9.17, 15) is 0 Å². The maximum atomic E-state index is 6.44. The molecular formula is C22H35ClN2S. The maximum absolute atomic E-state index is 6.44. The molecule has 5 rings (SSSR count). The summed E-state index contributed by atoms with van der Waals surface area (Å²) >= 11 is 8.65. The number of thioether (sulfide) groups is 1. The fraction of sp³-hybridized carbons (Fsp3) is 0.955. The highest BCUT2D eigenvalue weighted by Gasteiger charge is 2.52. The molecule has 2 nitrogen and oxygen atoms in total. The van der Waals surface area contributed by atoms with Crippen molar-refractivity contribution in [2.45, 2.75) is 99.9 Å². The summed E-state index contributed by atoms with van der Waals surface area (Å²) in [7, 11) is 2.40. The summed E-state index contributed by atoms with van der Waals surface area (Å²) < 4.78 is 0. The Labute approximate surface area is 168 Å². The molecule has 2 aliphatic carbocycles. The molecular weight excluding hydrogens is 360 g/mol. The van der Waals surface area contributed by atoms with E-state index in [-0.39, 0.29) is 0 Å². The lowest BCUT2D eigenvalue weighted by Crippen LogP contribution is -2.51. The molecule has 4 unspecified atom stereocenters. The Kier molecular flexibility index (Phi) is 5.11. The zero-order valence-electron chi connectivity index (χ0n) is 16.4. The van der Waals surface area contributed by atoms with E-state index in [4.69, 9.17) is 16.6 Å². The first kappa shape index (κ1) is 18.3. The molecule has 0 spiro atoms. The Hall–Kier alpha value is 0.270. The largest absolute Gasteiger partial charge is 0.300 e. The zero-order chi connectivity index (χ0) is 17.8. The number of aliphatic imine (C=N–C) groups is 1. The minimum atomic E-state index is 0.439. The zero-order valence-corrected chi connectivity index (χ0v) is 18.0. The maximum Gasteiger partial charge on any atom is 0.0732 e. The van der Waals surface area contributed by atoms with Gasteiger partial charge in [-0.05, 0) is 82.6 Å². The minimum absolute atomic E-state index is 0.439. The van der Waals surface area contributed by atoms with Gasteiger partial charge >= 0.3 is 0 Å². The lowest BCUT2D eigenvalue weighted by Gasteiger charge is -2.47. The molecule has 0 radical (unpaired) electrons. The lowest BCUT2D eigenvalue weighted by atomic mass is 9.68. The standard InChI is InChI=1S/C22H35ClN2S/c1-13-4-3-5-19-21(13)24-22(26-19)20-17(14-6-8-15(23)9-7-14)12-16-10-11-18(20)25(16)2/h13-21H,3-12H2,1-2H3/t13?,14?,15?,16-,17-,18?,19?,20+,21?/m1/s1. The number of alkyl halides is 1. The van der Waals surface area contributed by atoms with Crippen molar-refractivity contribution >= 4 is 28.4 Å². The average molecular weight is 395 g/mol. The van der Waals surface area contributed by atoms with Crippen LogP contribution in [-0.4, -0.2) is 45.7 Å². The van der Waals surface area contributed by atoms with E-state index in [1.807, 2.05) is 0 Å². The van der Waals surface area contributed by atoms with Gasteiger partial charge in [0, 0.05) is 28.6 Å². The summed E-state index contributed by atoms with van der Waals surface area (Å²) in [5.74, 6) is 3.28. The second-order valence-electron chi connectivity index (χ2n) is 9.92. The van der Waals surface area contributed by atoms with Crippen LogP contribution in [0.1, 0.15) is 71.1 Å². The molecule has 3 aliphatic heterocycles. The van der Waals surface area contributed by atoms with Gasteiger partial charge in [-0.1, -0.05) is 13.3 Å². The van der Waals surface area contributed by atoms with Gasteiger partial charge in [0.2, 0.25) is 0 Å². The van der Waals surface area contributed by atoms with Gasteiger partial charge in [-0.2, -0.15) is 0 Å². The first-order chi connectivity index (χ1) is 12.6. The second kappa shape index (κ2) is 7.26. The first-order valence-corrected chi connectivity index (χ1v) is 12.5. The minimum Gasteiger partial charge on any atom is -0.300 e. The molecule has 26 heavy (non-hydrogen) atoms. The molecule has 0 aromatic carbocycles. The van der Waals surface area contributed by atoms with Crippen LogP contribution < -0.4 is 0 Å². The first-order valence-electron chi connectivity index (χ1n) is 11.2. The van der Waals surface area contributed by atoms with Crippen LogP contribution >= 0.6 is 23.4 Å². The van der Waals surface area contributed by atoms with Crippen LogP contribution in [0.15, 0.2) is 4.99 Å². The van der Waals surface area contributed by atoms with Crippen LogP contribution in [0.5, 0.6) is 0 Å². The highest BCUT2D eigenvalue weighted by atomic mass is 35.5. The van der Waals surface area contributed by atoms with Crippen molar-refractivity contribution in [3.8, 4) is 0 Å². The van der Waals surface area contributed by atoms with Gasteiger partial charge in [-0.15, -0.1) is 23.4 Å². The molecule has 7 atom stereocenters. The van der Waals surface area contributed by atoms with E-state index in [2.05, 4.69) is 30.6 Å². The molecule has 0 amide bonds. The number of piperidine rings is 1. The van der Waals surface area contributed by atoms with Gasteiger partial charge in [-0.25, -0.2) is 0 Å². The Bertz CT molecular complexity index is 558. The number of nitrogens with zero attached hydrogens (tertiary/aromatic N) is 2. The third kappa shape index (κ3) is 3.08. The summed E-state index contributed by atoms with van der Waals surface area (Å²) in [5.41, 5.74) is 0. The van der Waals surface area contributed by atoms with Gasteiger partial charge in [0.1, 0.15) is 0 Å². The summed E-state index contributed by atoms with van der Waals surface area (Å²) in [6, 6.07) is 2.21. The highest BCUT2D eigenvalue weighted by Crippen LogP contribution is 2.52. The number of rotatable bonds is 2. The van der Waals surface area contributed by atoms with Crippen molar-refractivity contribution in [3.63, 3.8) is 0 Å². The van der Waals surface area contributed by atoms with Crippen LogP contribution in [0.4, 0.5) is 0 Å². The Balaban J connectivity index is 1.42. The molecule has 146 valence electrons. The van der Waals surface area contributed by atoms with E-state index < -0.39 is 0 Å². The summed E-state index contributed by atoms with van der Waals surface area (Å²) in [4.78, 5) is 8.19. The van der Waals surface area contributed by atoms with Gasteiger partial charge in [0.25, 0.3) is 0 Å². The van der Waals surface area contributed by atoms with Crippen LogP contribution in [0.2, 0.25) is 0 Å². The van der Waals surface area contributed by atoms with Gasteiger partial charge in [-0.3, -0.25) is 9.89 Å². The molecule has 2 saturated heterocycles. The van der Waals surface area contributed by atoms with Crippen molar-refractivity contribution in [3.05, 3.63) is 0 Å². The van der Waals surface area contributed by atoms with Crippen LogP contribution in [0, 0.1) is 23.7 Å². The Morgan fingerprint density at radius 1 is 1.04 bits per heavy atom. The van der Waals surface area contributed by atoms with Gasteiger partial charge < -0.3 is 0 Å². The third-order valence-electron chi connectivity index (χ3n) is 8.57. The molecule has 2 saturated carbocycles. The van der Waals surface area contributed by atoms with Crippen molar-refractivity contribution in [2.75, 3.05) is 7.05 Å². The lowest BCUT2D eigenvalue weighted by molar-refractivity contribution is 0.0592. The summed E-state index contributed by atoms with van der Waals surface area (Å²) in [6.07, 6.45) is 13.6. The van der Waals surface area contributed by atoms with Crippen molar-refractivity contribution in [2.24, 2.45) is 28.7 Å². The number of halogens is 1. The van der Waals surface area contributed by atoms with E-state index in [1.165, 1.54) is 64.2 Å². The second-order valence-corrected chi connectivity index (χ2v) is 11.8. The quantitative estimate of drug-likeness (QED) is 0.567. The fourth-order valence-electron chi connectivity index (χ4n) is 7.03. The van der Waals surface area contributed by atoms with Crippen molar-refractivity contribution in [1.82, 2.24) is 4.90 Å². The highest BCUT2D eigenvalue weighted by molar-refractivity contribution is 8.14. The smallest absolute Gasteiger partial charge is 0.0732 e. The van der Waals surface area contributed by atoms with Gasteiger partial charge in [0.05, 0.1) is 11.1 Å². The van der Waals surface area contributed by atoms with E-state index in [0.717, 1.165) is 41.0 Å². The summed E-state index contributed by atoms with van der Waals surface area (Å²) in [6.45, 7) is 2.45. The Morgan fingerprint density at radius 2 is 1.85 bits per heavy atom. The fourth-order valence-corrected chi connectivity index (χ4v) is 9.02. The van der Waals surface area contributed by atoms with Gasteiger partial charge in [0.15, 0.2) is 0 Å². The molecule has 5 aliphatic rings. The molecule has 3 heterocycles. The topological polar surface area (TPSA) is 15.6 Å². The van der Waals surface area contributed by atoms with Crippen molar-refractivity contribution < 1.29 is 0 Å². The monoisotopic (exact) mass is 394 g/mol. The normalized spacial score (nSPS) is 52.0. The SMILES string of the molecule is CC1CCCC2SC([C@@H]3C4CC[C@H](C[C@@H]3C3CCC(Cl)CC3)N4C)=NC12.